The van der Waals surface area contributed by atoms with E-state index in [1.807, 2.05) is 0 Å². The van der Waals surface area contributed by atoms with Crippen molar-refractivity contribution in [2.75, 3.05) is 22.9 Å². The summed E-state index contributed by atoms with van der Waals surface area (Å²) in [7, 11) is -3.40. The number of anilines is 2. The first-order chi connectivity index (χ1) is 17.1. The lowest BCUT2D eigenvalue weighted by Crippen LogP contribution is -2.23. The fraction of sp³-hybridized carbons (Fsp3) is 0.160. The maximum Gasteiger partial charge on any atom is 0.513 e. The van der Waals surface area contributed by atoms with Gasteiger partial charge in [0, 0.05) is 29.0 Å². The molecule has 0 radical (unpaired) electrons. The highest BCUT2D eigenvalue weighted by Gasteiger charge is 2.10. The molecule has 0 atom stereocenters. The first kappa shape index (κ1) is 26.2. The van der Waals surface area contributed by atoms with Crippen molar-refractivity contribution in [1.82, 2.24) is 5.32 Å². The highest BCUT2D eigenvalue weighted by molar-refractivity contribution is 7.92. The van der Waals surface area contributed by atoms with Gasteiger partial charge in [-0.05, 0) is 73.2 Å². The molecule has 3 aromatic rings. The molecule has 3 N–H and O–H groups in total. The topological polar surface area (TPSA) is 140 Å². The van der Waals surface area contributed by atoms with Crippen molar-refractivity contribution in [1.29, 1.82) is 0 Å². The van der Waals surface area contributed by atoms with Gasteiger partial charge in [0.2, 0.25) is 10.0 Å². The van der Waals surface area contributed by atoms with Gasteiger partial charge >= 0.3 is 6.16 Å². The second-order valence-electron chi connectivity index (χ2n) is 7.60. The highest BCUT2D eigenvalue weighted by Crippen LogP contribution is 2.16. The number of hydrogen-bond acceptors (Lipinski definition) is 7. The van der Waals surface area contributed by atoms with E-state index in [0.29, 0.717) is 22.5 Å². The van der Waals surface area contributed by atoms with Gasteiger partial charge in [0.25, 0.3) is 11.8 Å². The zero-order valence-electron chi connectivity index (χ0n) is 19.6. The summed E-state index contributed by atoms with van der Waals surface area (Å²) >= 11 is 0. The van der Waals surface area contributed by atoms with Crippen LogP contribution < -0.4 is 20.1 Å². The summed E-state index contributed by atoms with van der Waals surface area (Å²) in [4.78, 5) is 36.4. The number of carbonyl (C=O) groups excluding carboxylic acids is 3. The smallest absolute Gasteiger partial charge is 0.434 e. The molecule has 0 heterocycles. The Kier molecular flexibility index (Phi) is 8.63. The van der Waals surface area contributed by atoms with Crippen molar-refractivity contribution >= 4 is 39.4 Å². The van der Waals surface area contributed by atoms with Crippen molar-refractivity contribution in [3.63, 3.8) is 0 Å². The molecule has 0 aromatic heterocycles. The summed E-state index contributed by atoms with van der Waals surface area (Å²) in [5.74, 6) is -0.439. The number of carbonyl (C=O) groups is 3. The van der Waals surface area contributed by atoms with Crippen LogP contribution in [0.5, 0.6) is 5.75 Å². The molecule has 3 rings (SSSR count). The van der Waals surface area contributed by atoms with E-state index in [4.69, 9.17) is 9.47 Å². The molecule has 0 unspecified atom stereocenters. The van der Waals surface area contributed by atoms with E-state index in [2.05, 4.69) is 15.4 Å². The number of rotatable bonds is 9. The molecule has 3 aromatic carbocycles. The Hall–Kier alpha value is -4.38. The lowest BCUT2D eigenvalue weighted by Gasteiger charge is -2.10. The van der Waals surface area contributed by atoms with Gasteiger partial charge in [0.05, 0.1) is 12.9 Å². The largest absolute Gasteiger partial charge is 0.513 e. The van der Waals surface area contributed by atoms with E-state index < -0.39 is 16.2 Å². The minimum atomic E-state index is -3.40. The number of sulfonamides is 1. The molecule has 36 heavy (non-hydrogen) atoms. The van der Waals surface area contributed by atoms with Gasteiger partial charge in [0.15, 0.2) is 0 Å². The molecule has 188 valence electrons. The Labute approximate surface area is 208 Å². The molecule has 0 saturated heterocycles. The van der Waals surface area contributed by atoms with Crippen LogP contribution in [0.1, 0.15) is 33.2 Å². The third-order valence-electron chi connectivity index (χ3n) is 4.67. The Bertz CT molecular complexity index is 1340. The van der Waals surface area contributed by atoms with Crippen LogP contribution in [-0.2, 0) is 21.3 Å². The van der Waals surface area contributed by atoms with E-state index >= 15 is 0 Å². The minimum absolute atomic E-state index is 0.195. The predicted octanol–water partition coefficient (Wildman–Crippen LogP) is 3.78. The van der Waals surface area contributed by atoms with Crippen LogP contribution in [0, 0.1) is 0 Å². The zero-order valence-corrected chi connectivity index (χ0v) is 20.4. The minimum Gasteiger partial charge on any atom is -0.434 e. The van der Waals surface area contributed by atoms with Crippen molar-refractivity contribution in [3.8, 4) is 5.75 Å². The highest BCUT2D eigenvalue weighted by atomic mass is 32.2. The van der Waals surface area contributed by atoms with Crippen molar-refractivity contribution in [2.45, 2.75) is 13.5 Å². The molecule has 0 aliphatic carbocycles. The fourth-order valence-electron chi connectivity index (χ4n) is 3.07. The quantitative estimate of drug-likeness (QED) is 0.293. The lowest BCUT2D eigenvalue weighted by atomic mass is 10.1. The first-order valence-electron chi connectivity index (χ1n) is 10.8. The second kappa shape index (κ2) is 11.8. The first-order valence-corrected chi connectivity index (χ1v) is 12.7. The number of amides is 2. The van der Waals surface area contributed by atoms with Gasteiger partial charge in [-0.25, -0.2) is 13.2 Å². The molecular weight excluding hydrogens is 486 g/mol. The van der Waals surface area contributed by atoms with E-state index in [0.717, 1.165) is 11.8 Å². The predicted molar refractivity (Wildman–Crippen MR) is 135 cm³/mol. The molecule has 2 amide bonds. The standard InChI is InChI=1S/C25H25N3O7S/c1-3-34-25(31)35-22-13-9-19(10-14-22)24(30)27-21-6-4-5-17(15-21)16-26-23(29)18-7-11-20(12-8-18)28-36(2,32)33/h4-15,28H,3,16H2,1-2H3,(H,26,29)(H,27,30). The molecule has 11 heteroatoms. The van der Waals surface area contributed by atoms with E-state index in [9.17, 15) is 22.8 Å². The van der Waals surface area contributed by atoms with Gasteiger partial charge < -0.3 is 20.1 Å². The van der Waals surface area contributed by atoms with Crippen LogP contribution >= 0.6 is 0 Å². The van der Waals surface area contributed by atoms with Crippen LogP contribution in [0.15, 0.2) is 72.8 Å². The fourth-order valence-corrected chi connectivity index (χ4v) is 3.63. The molecule has 0 spiro atoms. The van der Waals surface area contributed by atoms with Crippen LogP contribution in [-0.4, -0.2) is 39.3 Å². The van der Waals surface area contributed by atoms with Gasteiger partial charge in [-0.2, -0.15) is 0 Å². The lowest BCUT2D eigenvalue weighted by molar-refractivity contribution is 0.0949. The van der Waals surface area contributed by atoms with Crippen LogP contribution in [0.25, 0.3) is 0 Å². The molecule has 0 aliphatic rings. The van der Waals surface area contributed by atoms with Gasteiger partial charge in [-0.1, -0.05) is 12.1 Å². The third-order valence-corrected chi connectivity index (χ3v) is 5.27. The summed E-state index contributed by atoms with van der Waals surface area (Å²) in [5.41, 5.74) is 2.38. The number of nitrogens with one attached hydrogen (secondary N) is 3. The summed E-state index contributed by atoms with van der Waals surface area (Å²) < 4.78 is 34.6. The average Bonchev–Trinajstić information content (AvgIpc) is 2.83. The van der Waals surface area contributed by atoms with E-state index in [1.54, 1.807) is 31.2 Å². The number of benzene rings is 3. The van der Waals surface area contributed by atoms with Gasteiger partial charge in [-0.15, -0.1) is 0 Å². The van der Waals surface area contributed by atoms with E-state index in [-0.39, 0.29) is 30.7 Å². The van der Waals surface area contributed by atoms with Crippen LogP contribution in [0.3, 0.4) is 0 Å². The Morgan fingerprint density at radius 1 is 0.833 bits per heavy atom. The summed E-state index contributed by atoms with van der Waals surface area (Å²) in [5, 5.41) is 5.57. The van der Waals surface area contributed by atoms with Crippen LogP contribution in [0.4, 0.5) is 16.2 Å². The van der Waals surface area contributed by atoms with Crippen molar-refractivity contribution < 1.29 is 32.3 Å². The SMILES string of the molecule is CCOC(=O)Oc1ccc(C(=O)Nc2cccc(CNC(=O)c3ccc(NS(C)(=O)=O)cc3)c2)cc1. The second-order valence-corrected chi connectivity index (χ2v) is 9.35. The third kappa shape index (κ3) is 8.13. The zero-order chi connectivity index (χ0) is 26.1. The Morgan fingerprint density at radius 2 is 1.47 bits per heavy atom. The van der Waals surface area contributed by atoms with Crippen LogP contribution in [0.2, 0.25) is 0 Å². The Balaban J connectivity index is 1.55. The van der Waals surface area contributed by atoms with Crippen molar-refractivity contribution in [2.24, 2.45) is 0 Å². The molecule has 0 saturated carbocycles. The molecule has 10 nitrogen and oxygen atoms in total. The normalized spacial score (nSPS) is 10.7. The Morgan fingerprint density at radius 3 is 2.11 bits per heavy atom. The number of ether oxygens (including phenoxy) is 2. The molecule has 0 aliphatic heterocycles. The summed E-state index contributed by atoms with van der Waals surface area (Å²) in [6, 6.07) is 19.0. The monoisotopic (exact) mass is 511 g/mol. The van der Waals surface area contributed by atoms with Gasteiger partial charge in [-0.3, -0.25) is 14.3 Å². The maximum atomic E-state index is 12.6. The summed E-state index contributed by atoms with van der Waals surface area (Å²) in [6.07, 6.45) is 0.225. The maximum absolute atomic E-state index is 12.6. The van der Waals surface area contributed by atoms with Gasteiger partial charge in [0.1, 0.15) is 5.75 Å². The molecular formula is C25H25N3O7S. The molecule has 0 fully saturated rings. The molecule has 0 bridgehead atoms. The van der Waals surface area contributed by atoms with Crippen molar-refractivity contribution in [3.05, 3.63) is 89.5 Å². The van der Waals surface area contributed by atoms with E-state index in [1.165, 1.54) is 48.5 Å². The number of hydrogen-bond donors (Lipinski definition) is 3. The average molecular weight is 512 g/mol. The summed E-state index contributed by atoms with van der Waals surface area (Å²) in [6.45, 7) is 2.07.